The van der Waals surface area contributed by atoms with Crippen LogP contribution in [0.25, 0.3) is 0 Å². The highest BCUT2D eigenvalue weighted by Gasteiger charge is 2.57. The fraction of sp³-hybridized carbons (Fsp3) is 0.529. The highest BCUT2D eigenvalue weighted by Crippen LogP contribution is 2.34. The van der Waals surface area contributed by atoms with Gasteiger partial charge < -0.3 is 20.1 Å². The average Bonchev–Trinajstić information content (AvgIpc) is 3.04. The van der Waals surface area contributed by atoms with Gasteiger partial charge in [-0.15, -0.1) is 0 Å². The van der Waals surface area contributed by atoms with Crippen molar-refractivity contribution in [1.29, 1.82) is 0 Å². The summed E-state index contributed by atoms with van der Waals surface area (Å²) < 4.78 is 5.71. The number of amides is 1. The molecule has 2 unspecified atom stereocenters. The Kier molecular flexibility index (Phi) is 4.37. The number of carbonyl (C=O) groups excluding carboxylic acids is 1. The molecule has 0 aliphatic carbocycles. The molecule has 1 aromatic carbocycles. The van der Waals surface area contributed by atoms with Crippen LogP contribution in [0.1, 0.15) is 25.3 Å². The minimum absolute atomic E-state index is 0.113. The summed E-state index contributed by atoms with van der Waals surface area (Å²) in [5, 5.41) is 12.7. The van der Waals surface area contributed by atoms with E-state index in [1.807, 2.05) is 30.3 Å². The molecule has 6 nitrogen and oxygen atoms in total. The molecule has 0 aromatic heterocycles. The minimum atomic E-state index is -1.02. The number of ether oxygens (including phenoxy) is 1. The Labute approximate surface area is 135 Å². The van der Waals surface area contributed by atoms with Crippen molar-refractivity contribution in [3.8, 4) is 0 Å². The van der Waals surface area contributed by atoms with Gasteiger partial charge in [0.2, 0.25) is 5.91 Å². The number of nitrogens with zero attached hydrogens (tertiary/aromatic N) is 1. The lowest BCUT2D eigenvalue weighted by molar-refractivity contribution is -0.172. The van der Waals surface area contributed by atoms with E-state index in [4.69, 9.17) is 4.74 Å². The summed E-state index contributed by atoms with van der Waals surface area (Å²) in [7, 11) is 0. The molecule has 3 atom stereocenters. The number of benzene rings is 1. The van der Waals surface area contributed by atoms with Gasteiger partial charge in [-0.25, -0.2) is 4.79 Å². The predicted octanol–water partition coefficient (Wildman–Crippen LogP) is 1.01. The molecule has 124 valence electrons. The number of nitrogens with one attached hydrogen (secondary N) is 1. The van der Waals surface area contributed by atoms with Crippen molar-refractivity contribution >= 4 is 11.9 Å². The van der Waals surface area contributed by atoms with E-state index in [2.05, 4.69) is 5.32 Å². The van der Waals surface area contributed by atoms with Crippen LogP contribution >= 0.6 is 0 Å². The van der Waals surface area contributed by atoms with E-state index in [-0.39, 0.29) is 5.91 Å². The van der Waals surface area contributed by atoms with Gasteiger partial charge in [0, 0.05) is 6.54 Å². The number of hydrogen-bond acceptors (Lipinski definition) is 4. The van der Waals surface area contributed by atoms with E-state index < -0.39 is 23.7 Å². The SMILES string of the molecule is CC(OCc1ccccc1)C(C(=O)O)N1C[C@@]2(CCCN2)C1=O. The van der Waals surface area contributed by atoms with Crippen molar-refractivity contribution in [2.24, 2.45) is 0 Å². The van der Waals surface area contributed by atoms with Crippen LogP contribution in [0.5, 0.6) is 0 Å². The molecule has 6 heteroatoms. The number of β-lactam (4-membered cyclic amide) rings is 1. The summed E-state index contributed by atoms with van der Waals surface area (Å²) in [5.74, 6) is -1.13. The number of carbonyl (C=O) groups is 2. The van der Waals surface area contributed by atoms with Crippen LogP contribution in [0, 0.1) is 0 Å². The molecule has 1 aromatic rings. The van der Waals surface area contributed by atoms with Crippen molar-refractivity contribution < 1.29 is 19.4 Å². The number of carboxylic acid groups (broad SMARTS) is 1. The molecule has 0 saturated carbocycles. The molecule has 0 radical (unpaired) electrons. The fourth-order valence-corrected chi connectivity index (χ4v) is 3.44. The van der Waals surface area contributed by atoms with Crippen LogP contribution in [0.3, 0.4) is 0 Å². The Balaban J connectivity index is 1.63. The monoisotopic (exact) mass is 318 g/mol. The lowest BCUT2D eigenvalue weighted by atomic mass is 9.85. The summed E-state index contributed by atoms with van der Waals surface area (Å²) in [5.41, 5.74) is 0.458. The lowest BCUT2D eigenvalue weighted by Crippen LogP contribution is -2.75. The van der Waals surface area contributed by atoms with Crippen molar-refractivity contribution in [1.82, 2.24) is 10.2 Å². The Morgan fingerprint density at radius 1 is 1.43 bits per heavy atom. The van der Waals surface area contributed by atoms with E-state index >= 15 is 0 Å². The topological polar surface area (TPSA) is 78.9 Å². The van der Waals surface area contributed by atoms with Crippen LogP contribution in [-0.4, -0.2) is 52.7 Å². The quantitative estimate of drug-likeness (QED) is 0.765. The fourth-order valence-electron chi connectivity index (χ4n) is 3.44. The van der Waals surface area contributed by atoms with Gasteiger partial charge in [0.1, 0.15) is 5.54 Å². The maximum Gasteiger partial charge on any atom is 0.329 e. The van der Waals surface area contributed by atoms with Gasteiger partial charge >= 0.3 is 5.97 Å². The van der Waals surface area contributed by atoms with Crippen LogP contribution < -0.4 is 5.32 Å². The van der Waals surface area contributed by atoms with Gasteiger partial charge in [0.15, 0.2) is 6.04 Å². The zero-order valence-corrected chi connectivity index (χ0v) is 13.2. The first kappa shape index (κ1) is 16.0. The first-order valence-electron chi connectivity index (χ1n) is 7.98. The molecule has 2 fully saturated rings. The number of likely N-dealkylation sites (tertiary alicyclic amines) is 1. The van der Waals surface area contributed by atoms with Crippen molar-refractivity contribution in [2.45, 2.75) is 44.1 Å². The van der Waals surface area contributed by atoms with E-state index in [0.29, 0.717) is 13.2 Å². The van der Waals surface area contributed by atoms with Crippen LogP contribution in [0.15, 0.2) is 30.3 Å². The second-order valence-corrected chi connectivity index (χ2v) is 6.33. The summed E-state index contributed by atoms with van der Waals surface area (Å²) >= 11 is 0. The summed E-state index contributed by atoms with van der Waals surface area (Å²) in [4.78, 5) is 25.5. The number of hydrogen-bond donors (Lipinski definition) is 2. The van der Waals surface area contributed by atoms with Crippen LogP contribution in [-0.2, 0) is 20.9 Å². The van der Waals surface area contributed by atoms with Crippen molar-refractivity contribution in [3.05, 3.63) is 35.9 Å². The van der Waals surface area contributed by atoms with Crippen LogP contribution in [0.2, 0.25) is 0 Å². The Morgan fingerprint density at radius 2 is 2.17 bits per heavy atom. The lowest BCUT2D eigenvalue weighted by Gasteiger charge is -2.50. The average molecular weight is 318 g/mol. The molecule has 23 heavy (non-hydrogen) atoms. The zero-order valence-electron chi connectivity index (χ0n) is 13.2. The van der Waals surface area contributed by atoms with Crippen molar-refractivity contribution in [3.63, 3.8) is 0 Å². The Hall–Kier alpha value is -1.92. The van der Waals surface area contributed by atoms with E-state index in [1.54, 1.807) is 6.92 Å². The highest BCUT2D eigenvalue weighted by atomic mass is 16.5. The van der Waals surface area contributed by atoms with Gasteiger partial charge in [-0.05, 0) is 31.9 Å². The molecular formula is C17H22N2O4. The predicted molar refractivity (Wildman–Crippen MR) is 83.8 cm³/mol. The third kappa shape index (κ3) is 2.96. The summed E-state index contributed by atoms with van der Waals surface area (Å²) in [6.07, 6.45) is 1.17. The molecule has 2 aliphatic rings. The Morgan fingerprint density at radius 3 is 2.74 bits per heavy atom. The number of carboxylic acids is 1. The minimum Gasteiger partial charge on any atom is -0.480 e. The molecule has 0 bridgehead atoms. The van der Waals surface area contributed by atoms with E-state index in [9.17, 15) is 14.7 Å². The zero-order chi connectivity index (χ0) is 16.4. The maximum absolute atomic E-state index is 12.5. The number of aliphatic carboxylic acids is 1. The van der Waals surface area contributed by atoms with Crippen molar-refractivity contribution in [2.75, 3.05) is 13.1 Å². The third-order valence-corrected chi connectivity index (χ3v) is 4.74. The first-order chi connectivity index (χ1) is 11.0. The largest absolute Gasteiger partial charge is 0.480 e. The Bertz CT molecular complexity index is 584. The second kappa shape index (κ2) is 6.29. The molecule has 1 spiro atoms. The second-order valence-electron chi connectivity index (χ2n) is 6.33. The van der Waals surface area contributed by atoms with Gasteiger partial charge in [0.05, 0.1) is 12.7 Å². The van der Waals surface area contributed by atoms with Gasteiger partial charge in [-0.2, -0.15) is 0 Å². The van der Waals surface area contributed by atoms with Gasteiger partial charge in [-0.3, -0.25) is 4.79 Å². The van der Waals surface area contributed by atoms with E-state index in [1.165, 1.54) is 4.90 Å². The molecular weight excluding hydrogens is 296 g/mol. The highest BCUT2D eigenvalue weighted by molar-refractivity contribution is 5.96. The standard InChI is InChI=1S/C17H22N2O4/c1-12(23-10-13-6-3-2-4-7-13)14(15(20)21)19-11-17(16(19)22)8-5-9-18-17/h2-4,6-7,12,14,18H,5,8-11H2,1H3,(H,20,21)/t12?,14?,17-/m0/s1. The van der Waals surface area contributed by atoms with E-state index in [0.717, 1.165) is 24.9 Å². The first-order valence-corrected chi connectivity index (χ1v) is 7.98. The molecule has 1 amide bonds. The third-order valence-electron chi connectivity index (χ3n) is 4.74. The maximum atomic E-state index is 12.5. The molecule has 2 N–H and O–H groups in total. The van der Waals surface area contributed by atoms with Gasteiger partial charge in [-0.1, -0.05) is 30.3 Å². The molecule has 2 heterocycles. The summed E-state index contributed by atoms with van der Waals surface area (Å²) in [6.45, 7) is 3.30. The number of rotatable bonds is 6. The molecule has 3 rings (SSSR count). The molecule has 2 aliphatic heterocycles. The smallest absolute Gasteiger partial charge is 0.329 e. The van der Waals surface area contributed by atoms with Gasteiger partial charge in [0.25, 0.3) is 0 Å². The molecule has 2 saturated heterocycles. The van der Waals surface area contributed by atoms with Crippen LogP contribution in [0.4, 0.5) is 0 Å². The normalized spacial score (nSPS) is 26.1. The summed E-state index contributed by atoms with van der Waals surface area (Å²) in [6, 6.07) is 8.64.